The molecule has 1 aliphatic heterocycles. The predicted octanol–water partition coefficient (Wildman–Crippen LogP) is 6.94. The number of nitrogens with one attached hydrogen (secondary N) is 2. The maximum absolute atomic E-state index is 10.8. The lowest BCUT2D eigenvalue weighted by Gasteiger charge is -2.32. The number of aliphatic hydroxyl groups is 1. The summed E-state index contributed by atoms with van der Waals surface area (Å²) >= 11 is 0. The van der Waals surface area contributed by atoms with Gasteiger partial charge in [-0.05, 0) is 86.5 Å². The van der Waals surface area contributed by atoms with Gasteiger partial charge in [0.05, 0.1) is 24.2 Å². The Morgan fingerprint density at radius 2 is 1.89 bits per heavy atom. The fourth-order valence-electron chi connectivity index (χ4n) is 4.28. The van der Waals surface area contributed by atoms with E-state index in [4.69, 9.17) is 10.5 Å². The number of piperidine rings is 1. The number of rotatable bonds is 12. The van der Waals surface area contributed by atoms with Crippen LogP contribution in [0.3, 0.4) is 0 Å². The van der Waals surface area contributed by atoms with Crippen molar-refractivity contribution in [3.8, 4) is 17.6 Å². The SMILES string of the molecule is CCC(F)(F)F.CNS(O)(O)c1ccc(NCC#C/C(C)=C/C(=C\N)C(/C)=C\C=C/C2CCN(CC(C)CO)CC2)c(OC)c1. The van der Waals surface area contributed by atoms with Crippen LogP contribution in [0.25, 0.3) is 0 Å². The van der Waals surface area contributed by atoms with Crippen molar-refractivity contribution in [2.45, 2.75) is 58.0 Å². The van der Waals surface area contributed by atoms with E-state index in [1.54, 1.807) is 24.4 Å². The minimum absolute atomic E-state index is 0.248. The monoisotopic (exact) mass is 656 g/mol. The normalized spacial score (nSPS) is 16.8. The van der Waals surface area contributed by atoms with E-state index in [1.165, 1.54) is 14.2 Å². The molecule has 7 N–H and O–H groups in total. The number of benzene rings is 1. The van der Waals surface area contributed by atoms with Crippen LogP contribution in [0, 0.1) is 23.7 Å². The summed E-state index contributed by atoms with van der Waals surface area (Å²) in [7, 11) is -0.0265. The number of halogens is 3. The molecule has 1 atom stereocenters. The molecule has 1 aliphatic rings. The molecule has 1 aromatic rings. The van der Waals surface area contributed by atoms with Crippen molar-refractivity contribution < 1.29 is 32.1 Å². The number of likely N-dealkylation sites (tertiary alicyclic amines) is 1. The topological polar surface area (TPSA) is 123 Å². The lowest BCUT2D eigenvalue weighted by atomic mass is 9.95. The van der Waals surface area contributed by atoms with Crippen molar-refractivity contribution in [3.63, 3.8) is 0 Å². The van der Waals surface area contributed by atoms with Gasteiger partial charge in [-0.3, -0.25) is 9.11 Å². The summed E-state index contributed by atoms with van der Waals surface area (Å²) in [6.07, 6.45) is 7.68. The molecule has 1 unspecified atom stereocenters. The molecule has 45 heavy (non-hydrogen) atoms. The molecular weight excluding hydrogens is 605 g/mol. The van der Waals surface area contributed by atoms with Crippen LogP contribution in [-0.4, -0.2) is 72.2 Å². The molecule has 12 heteroatoms. The summed E-state index contributed by atoms with van der Waals surface area (Å²) in [5, 5.41) is 12.5. The standard InChI is InChI=1S/C30H46N4O4S.C3H5F3/c1-23(8-7-15-33-29-12-11-28(19-30(29)38-5)39(36,37)32-4)18-27(20-31)25(3)9-6-10-26-13-16-34(17-14-26)21-24(2)22-35;1-2-3(4,5)6/h6,9-12,18-20,24,26,32-33,35-37H,13-17,21-22,31H2,1-5H3;2H2,1H3/b10-6-,23-18+,25-9-,27-20+;. The van der Waals surface area contributed by atoms with Crippen LogP contribution in [-0.2, 0) is 0 Å². The van der Waals surface area contributed by atoms with E-state index in [0.29, 0.717) is 34.7 Å². The van der Waals surface area contributed by atoms with E-state index < -0.39 is 23.4 Å². The maximum atomic E-state index is 10.8. The summed E-state index contributed by atoms with van der Waals surface area (Å²) < 4.78 is 60.4. The van der Waals surface area contributed by atoms with E-state index >= 15 is 0 Å². The second-order valence-corrected chi connectivity index (χ2v) is 12.8. The Morgan fingerprint density at radius 1 is 1.24 bits per heavy atom. The number of nitrogens with two attached hydrogens (primary N) is 1. The number of hydrogen-bond donors (Lipinski definition) is 6. The molecule has 0 aliphatic carbocycles. The van der Waals surface area contributed by atoms with Crippen molar-refractivity contribution in [1.29, 1.82) is 0 Å². The highest BCUT2D eigenvalue weighted by Gasteiger charge is 2.22. The number of allylic oxidation sites excluding steroid dienone is 7. The lowest BCUT2D eigenvalue weighted by molar-refractivity contribution is -0.130. The molecule has 2 rings (SSSR count). The van der Waals surface area contributed by atoms with Gasteiger partial charge in [0.1, 0.15) is 5.75 Å². The Labute approximate surface area is 268 Å². The first-order valence-corrected chi connectivity index (χ1v) is 16.5. The first-order valence-electron chi connectivity index (χ1n) is 14.9. The van der Waals surface area contributed by atoms with Crippen molar-refractivity contribution >= 4 is 16.5 Å². The van der Waals surface area contributed by atoms with Gasteiger partial charge in [0.15, 0.2) is 0 Å². The molecule has 0 spiro atoms. The van der Waals surface area contributed by atoms with E-state index in [0.717, 1.165) is 56.1 Å². The molecule has 0 bridgehead atoms. The van der Waals surface area contributed by atoms with Gasteiger partial charge in [0.25, 0.3) is 0 Å². The number of hydrogen-bond acceptors (Lipinski definition) is 8. The molecule has 0 radical (unpaired) electrons. The largest absolute Gasteiger partial charge is 0.495 e. The van der Waals surface area contributed by atoms with Crippen LogP contribution < -0.4 is 20.5 Å². The molecule has 0 amide bonds. The Hall–Kier alpha value is -2.92. The summed E-state index contributed by atoms with van der Waals surface area (Å²) in [6, 6.07) is 4.97. The predicted molar refractivity (Wildman–Crippen MR) is 180 cm³/mol. The molecule has 1 heterocycles. The Bertz CT molecular complexity index is 1230. The van der Waals surface area contributed by atoms with E-state index in [9.17, 15) is 27.4 Å². The van der Waals surface area contributed by atoms with E-state index in [1.807, 2.05) is 19.9 Å². The molecule has 8 nitrogen and oxygen atoms in total. The number of alkyl halides is 3. The van der Waals surface area contributed by atoms with Gasteiger partial charge >= 0.3 is 6.18 Å². The average molecular weight is 657 g/mol. The fraction of sp³-hybridized carbons (Fsp3) is 0.515. The smallest absolute Gasteiger partial charge is 0.388 e. The molecule has 254 valence electrons. The zero-order valence-electron chi connectivity index (χ0n) is 27.2. The third kappa shape index (κ3) is 15.8. The third-order valence-corrected chi connectivity index (χ3v) is 8.57. The minimum Gasteiger partial charge on any atom is -0.495 e. The van der Waals surface area contributed by atoms with Gasteiger partial charge in [-0.15, -0.1) is 10.8 Å². The molecule has 0 saturated carbocycles. The Morgan fingerprint density at radius 3 is 2.42 bits per heavy atom. The first kappa shape index (κ1) is 40.1. The van der Waals surface area contributed by atoms with Crippen LogP contribution in [0.5, 0.6) is 5.75 Å². The van der Waals surface area contributed by atoms with E-state index in [2.05, 4.69) is 51.9 Å². The highest BCUT2D eigenvalue weighted by molar-refractivity contribution is 8.22. The molecule has 1 saturated heterocycles. The van der Waals surface area contributed by atoms with Gasteiger partial charge in [0, 0.05) is 38.9 Å². The van der Waals surface area contributed by atoms with Gasteiger partial charge in [-0.25, -0.2) is 4.72 Å². The number of ether oxygens (including phenoxy) is 1. The summed E-state index contributed by atoms with van der Waals surface area (Å²) in [5.74, 6) is 7.65. The summed E-state index contributed by atoms with van der Waals surface area (Å²) in [6.45, 7) is 10.9. The van der Waals surface area contributed by atoms with Crippen molar-refractivity contribution in [3.05, 3.63) is 65.4 Å². The number of methoxy groups -OCH3 is 1. The first-order chi connectivity index (χ1) is 21.2. The lowest BCUT2D eigenvalue weighted by Crippen LogP contribution is -2.36. The van der Waals surface area contributed by atoms with Crippen LogP contribution in [0.1, 0.15) is 47.0 Å². The van der Waals surface area contributed by atoms with Gasteiger partial charge in [0.2, 0.25) is 0 Å². The fourth-order valence-corrected chi connectivity index (χ4v) is 5.04. The molecule has 1 fully saturated rings. The zero-order chi connectivity index (χ0) is 34.0. The number of aliphatic hydroxyl groups excluding tert-OH is 1. The molecular formula is C33H51F3N4O4S. The van der Waals surface area contributed by atoms with Crippen LogP contribution in [0.2, 0.25) is 0 Å². The van der Waals surface area contributed by atoms with Crippen molar-refractivity contribution in [1.82, 2.24) is 9.62 Å². The second kappa shape index (κ2) is 20.3. The van der Waals surface area contributed by atoms with Crippen LogP contribution in [0.15, 0.2) is 70.3 Å². The Balaban J connectivity index is 0.00000153. The second-order valence-electron chi connectivity index (χ2n) is 10.8. The molecule has 0 aromatic heterocycles. The molecule has 1 aromatic carbocycles. The Kier molecular flexibility index (Phi) is 18.1. The van der Waals surface area contributed by atoms with Gasteiger partial charge in [-0.1, -0.05) is 43.9 Å². The van der Waals surface area contributed by atoms with Crippen LogP contribution in [0.4, 0.5) is 18.9 Å². The number of anilines is 1. The number of nitrogens with zero attached hydrogens (tertiary/aromatic N) is 1. The minimum atomic E-state index is -3.96. The zero-order valence-corrected chi connectivity index (χ0v) is 28.1. The van der Waals surface area contributed by atoms with Gasteiger partial charge in [-0.2, -0.15) is 13.2 Å². The van der Waals surface area contributed by atoms with Crippen molar-refractivity contribution in [2.24, 2.45) is 17.6 Å². The maximum Gasteiger partial charge on any atom is 0.388 e. The quantitative estimate of drug-likeness (QED) is 0.106. The van der Waals surface area contributed by atoms with E-state index in [-0.39, 0.29) is 6.61 Å². The van der Waals surface area contributed by atoms with Gasteiger partial charge < -0.3 is 25.8 Å². The average Bonchev–Trinajstić information content (AvgIpc) is 3.02. The highest BCUT2D eigenvalue weighted by Crippen LogP contribution is 2.45. The summed E-state index contributed by atoms with van der Waals surface area (Å²) in [5.41, 5.74) is 9.50. The van der Waals surface area contributed by atoms with Crippen LogP contribution >= 0.6 is 10.8 Å². The third-order valence-electron chi connectivity index (χ3n) is 7.09. The van der Waals surface area contributed by atoms with Crippen molar-refractivity contribution in [2.75, 3.05) is 52.3 Å². The summed E-state index contributed by atoms with van der Waals surface area (Å²) in [4.78, 5) is 2.80. The highest BCUT2D eigenvalue weighted by atomic mass is 32.3.